The Morgan fingerprint density at radius 1 is 1.14 bits per heavy atom. The Labute approximate surface area is 169 Å². The van der Waals surface area contributed by atoms with Crippen LogP contribution in [0.3, 0.4) is 0 Å². The predicted octanol–water partition coefficient (Wildman–Crippen LogP) is 4.16. The summed E-state index contributed by atoms with van der Waals surface area (Å²) in [5.41, 5.74) is -0.867. The summed E-state index contributed by atoms with van der Waals surface area (Å²) >= 11 is 5.46. The third-order valence-electron chi connectivity index (χ3n) is 4.98. The third kappa shape index (κ3) is 3.64. The van der Waals surface area contributed by atoms with Gasteiger partial charge in [0.15, 0.2) is 5.65 Å². The zero-order chi connectivity index (χ0) is 20.8. The number of hydrogen-bond acceptors (Lipinski definition) is 5. The van der Waals surface area contributed by atoms with E-state index in [0.717, 1.165) is 44.5 Å². The maximum atomic E-state index is 13.1. The standard InChI is InChI=1S/C19H18F3N5OS/c1-11-23-15-14(16(28)25-18(24-15)26-8-3-2-4-9-26)17(29)27(11)13-7-5-6-12(10-13)19(20,21)22/h5-7,10H,2-4,8-9H2,1H3,(H,24,25,28). The Balaban J connectivity index is 1.89. The lowest BCUT2D eigenvalue weighted by molar-refractivity contribution is -0.137. The number of alkyl halides is 3. The largest absolute Gasteiger partial charge is 0.416 e. The summed E-state index contributed by atoms with van der Waals surface area (Å²) in [6.07, 6.45) is -1.31. The number of nitrogens with zero attached hydrogens (tertiary/aromatic N) is 4. The molecule has 0 atom stereocenters. The van der Waals surface area contributed by atoms with Gasteiger partial charge in [0.1, 0.15) is 15.9 Å². The van der Waals surface area contributed by atoms with Gasteiger partial charge in [-0.1, -0.05) is 18.3 Å². The first-order chi connectivity index (χ1) is 13.8. The fraction of sp³-hybridized carbons (Fsp3) is 0.368. The van der Waals surface area contributed by atoms with Gasteiger partial charge in [-0.15, -0.1) is 0 Å². The van der Waals surface area contributed by atoms with Crippen molar-refractivity contribution in [3.05, 3.63) is 50.6 Å². The number of rotatable bonds is 2. The number of aromatic nitrogens is 4. The molecular formula is C19H18F3N5OS. The average Bonchev–Trinajstić information content (AvgIpc) is 2.67. The molecule has 0 unspecified atom stereocenters. The fourth-order valence-corrected chi connectivity index (χ4v) is 3.99. The van der Waals surface area contributed by atoms with Gasteiger partial charge in [-0.3, -0.25) is 14.3 Å². The van der Waals surface area contributed by atoms with E-state index in [1.54, 1.807) is 6.92 Å². The lowest BCUT2D eigenvalue weighted by Crippen LogP contribution is -2.32. The third-order valence-corrected chi connectivity index (χ3v) is 5.37. The maximum absolute atomic E-state index is 13.1. The molecule has 3 aromatic rings. The molecule has 0 aliphatic carbocycles. The van der Waals surface area contributed by atoms with Crippen LogP contribution >= 0.6 is 12.2 Å². The van der Waals surface area contributed by atoms with Gasteiger partial charge in [-0.05, 0) is 44.4 Å². The fourth-order valence-electron chi connectivity index (χ4n) is 3.57. The number of H-pyrrole nitrogens is 1. The zero-order valence-electron chi connectivity index (χ0n) is 15.6. The van der Waals surface area contributed by atoms with E-state index < -0.39 is 17.3 Å². The van der Waals surface area contributed by atoms with Gasteiger partial charge in [0.25, 0.3) is 5.56 Å². The van der Waals surface area contributed by atoms with Crippen molar-refractivity contribution < 1.29 is 13.2 Å². The molecule has 2 aromatic heterocycles. The second kappa shape index (κ2) is 7.25. The minimum absolute atomic E-state index is 0.0748. The number of anilines is 1. The molecule has 3 heterocycles. The first-order valence-electron chi connectivity index (χ1n) is 9.22. The highest BCUT2D eigenvalue weighted by Gasteiger charge is 2.30. The molecule has 6 nitrogen and oxygen atoms in total. The van der Waals surface area contributed by atoms with E-state index in [0.29, 0.717) is 11.8 Å². The van der Waals surface area contributed by atoms with Crippen molar-refractivity contribution in [2.24, 2.45) is 0 Å². The minimum Gasteiger partial charge on any atom is -0.342 e. The molecule has 10 heteroatoms. The van der Waals surface area contributed by atoms with E-state index in [-0.39, 0.29) is 21.4 Å². The molecule has 4 rings (SSSR count). The molecule has 1 fully saturated rings. The van der Waals surface area contributed by atoms with Crippen LogP contribution in [-0.4, -0.2) is 32.6 Å². The lowest BCUT2D eigenvalue weighted by Gasteiger charge is -2.27. The normalized spacial score (nSPS) is 15.1. The van der Waals surface area contributed by atoms with Crippen LogP contribution in [0.5, 0.6) is 0 Å². The molecule has 29 heavy (non-hydrogen) atoms. The van der Waals surface area contributed by atoms with Crippen molar-refractivity contribution in [1.29, 1.82) is 0 Å². The molecule has 1 aliphatic rings. The molecule has 0 radical (unpaired) electrons. The van der Waals surface area contributed by atoms with Crippen LogP contribution in [0.4, 0.5) is 19.1 Å². The number of piperidine rings is 1. The van der Waals surface area contributed by atoms with E-state index in [2.05, 4.69) is 15.0 Å². The van der Waals surface area contributed by atoms with Crippen LogP contribution in [0, 0.1) is 11.6 Å². The van der Waals surface area contributed by atoms with E-state index in [1.165, 1.54) is 16.7 Å². The molecule has 1 saturated heterocycles. The van der Waals surface area contributed by atoms with Gasteiger partial charge in [-0.25, -0.2) is 4.98 Å². The first kappa shape index (κ1) is 19.6. The summed E-state index contributed by atoms with van der Waals surface area (Å²) in [6, 6.07) is 4.76. The maximum Gasteiger partial charge on any atom is 0.416 e. The van der Waals surface area contributed by atoms with Crippen LogP contribution in [0.25, 0.3) is 16.7 Å². The molecule has 1 aromatic carbocycles. The van der Waals surface area contributed by atoms with Gasteiger partial charge >= 0.3 is 6.18 Å². The van der Waals surface area contributed by atoms with Crippen molar-refractivity contribution >= 4 is 29.2 Å². The van der Waals surface area contributed by atoms with E-state index >= 15 is 0 Å². The van der Waals surface area contributed by atoms with Crippen LogP contribution in [0.1, 0.15) is 30.7 Å². The van der Waals surface area contributed by atoms with E-state index in [9.17, 15) is 18.0 Å². The highest BCUT2D eigenvalue weighted by molar-refractivity contribution is 7.71. The van der Waals surface area contributed by atoms with Gasteiger partial charge in [0, 0.05) is 18.8 Å². The highest BCUT2D eigenvalue weighted by Crippen LogP contribution is 2.31. The van der Waals surface area contributed by atoms with Gasteiger partial charge < -0.3 is 4.90 Å². The predicted molar refractivity (Wildman–Crippen MR) is 106 cm³/mol. The van der Waals surface area contributed by atoms with Crippen LogP contribution in [0.15, 0.2) is 29.1 Å². The SMILES string of the molecule is Cc1nc2nc(N3CCCCC3)[nH]c(=O)c2c(=S)n1-c1cccc(C(F)(F)F)c1. The van der Waals surface area contributed by atoms with Crippen molar-refractivity contribution in [2.45, 2.75) is 32.4 Å². The van der Waals surface area contributed by atoms with Gasteiger partial charge in [0.05, 0.1) is 5.56 Å². The molecule has 0 amide bonds. The number of hydrogen-bond donors (Lipinski definition) is 1. The summed E-state index contributed by atoms with van der Waals surface area (Å²) in [4.78, 5) is 26.4. The zero-order valence-corrected chi connectivity index (χ0v) is 16.4. The summed E-state index contributed by atoms with van der Waals surface area (Å²) in [7, 11) is 0. The Kier molecular flexibility index (Phi) is 4.89. The van der Waals surface area contributed by atoms with Crippen LogP contribution < -0.4 is 10.5 Å². The summed E-state index contributed by atoms with van der Waals surface area (Å²) in [5.74, 6) is 0.796. The Hall–Kier alpha value is -2.75. The topological polar surface area (TPSA) is 66.8 Å². The van der Waals surface area contributed by atoms with E-state index in [1.807, 2.05) is 4.90 Å². The lowest BCUT2D eigenvalue weighted by atomic mass is 10.1. The molecular weight excluding hydrogens is 403 g/mol. The van der Waals surface area contributed by atoms with Crippen molar-refractivity contribution in [1.82, 2.24) is 19.5 Å². The van der Waals surface area contributed by atoms with E-state index in [4.69, 9.17) is 12.2 Å². The molecule has 0 bridgehead atoms. The highest BCUT2D eigenvalue weighted by atomic mass is 32.1. The minimum atomic E-state index is -4.49. The number of fused-ring (bicyclic) bond motifs is 1. The smallest absolute Gasteiger partial charge is 0.342 e. The molecule has 1 aliphatic heterocycles. The Bertz CT molecular complexity index is 1200. The summed E-state index contributed by atoms with van der Waals surface area (Å²) in [5, 5.41) is 0.0868. The Morgan fingerprint density at radius 2 is 1.86 bits per heavy atom. The quantitative estimate of drug-likeness (QED) is 0.630. The van der Waals surface area contributed by atoms with Crippen LogP contribution in [0.2, 0.25) is 0 Å². The first-order valence-corrected chi connectivity index (χ1v) is 9.63. The number of aromatic amines is 1. The Morgan fingerprint density at radius 3 is 2.55 bits per heavy atom. The molecule has 0 saturated carbocycles. The number of nitrogens with one attached hydrogen (secondary N) is 1. The molecule has 152 valence electrons. The summed E-state index contributed by atoms with van der Waals surface area (Å²) < 4.78 is 40.7. The number of aryl methyl sites for hydroxylation is 1. The monoisotopic (exact) mass is 421 g/mol. The number of halogens is 3. The van der Waals surface area contributed by atoms with Crippen molar-refractivity contribution in [3.8, 4) is 5.69 Å². The molecule has 0 spiro atoms. The van der Waals surface area contributed by atoms with Crippen LogP contribution in [-0.2, 0) is 6.18 Å². The van der Waals surface area contributed by atoms with Crippen molar-refractivity contribution in [3.63, 3.8) is 0 Å². The average molecular weight is 421 g/mol. The number of benzene rings is 1. The van der Waals surface area contributed by atoms with Gasteiger partial charge in [-0.2, -0.15) is 18.2 Å². The second-order valence-electron chi connectivity index (χ2n) is 6.98. The second-order valence-corrected chi connectivity index (χ2v) is 7.37. The van der Waals surface area contributed by atoms with Crippen molar-refractivity contribution in [2.75, 3.05) is 18.0 Å². The summed E-state index contributed by atoms with van der Waals surface area (Å²) in [6.45, 7) is 3.22. The van der Waals surface area contributed by atoms with Gasteiger partial charge in [0.2, 0.25) is 5.95 Å². The molecule has 1 N–H and O–H groups in total.